The largest absolute Gasteiger partial charge is 0.397 e. The zero-order valence-electron chi connectivity index (χ0n) is 8.00. The molecule has 3 heteroatoms. The predicted molar refractivity (Wildman–Crippen MR) is 67.1 cm³/mol. The van der Waals surface area contributed by atoms with Crippen molar-refractivity contribution in [3.8, 4) is 0 Å². The van der Waals surface area contributed by atoms with Crippen LogP contribution in [0, 0.1) is 6.07 Å². The Balaban J connectivity index is 2.26. The highest BCUT2D eigenvalue weighted by Gasteiger charge is 1.98. The van der Waals surface area contributed by atoms with Crippen LogP contribution in [0.2, 0.25) is 0 Å². The summed E-state index contributed by atoms with van der Waals surface area (Å²) in [4.78, 5) is 0. The minimum absolute atomic E-state index is 0.692. The monoisotopic (exact) mass is 261 g/mol. The zero-order chi connectivity index (χ0) is 10.7. The predicted octanol–water partition coefficient (Wildman–Crippen LogP) is 3.58. The molecule has 15 heavy (non-hydrogen) atoms. The molecule has 2 rings (SSSR count). The van der Waals surface area contributed by atoms with Crippen LogP contribution < -0.4 is 11.1 Å². The van der Waals surface area contributed by atoms with Crippen LogP contribution in [0.4, 0.5) is 17.1 Å². The first-order valence-corrected chi connectivity index (χ1v) is 5.33. The van der Waals surface area contributed by atoms with Gasteiger partial charge in [0.15, 0.2) is 0 Å². The molecule has 0 atom stereocenters. The van der Waals surface area contributed by atoms with Gasteiger partial charge in [0.25, 0.3) is 0 Å². The van der Waals surface area contributed by atoms with Crippen molar-refractivity contribution in [2.45, 2.75) is 0 Å². The van der Waals surface area contributed by atoms with E-state index in [1.807, 2.05) is 36.4 Å². The standard InChI is InChI=1S/C12H10BrN2/c13-9-4-3-5-10(8-9)15-12-7-2-1-6-11(12)14/h2-8,15H,14H2. The highest BCUT2D eigenvalue weighted by atomic mass is 79.9. The summed E-state index contributed by atoms with van der Waals surface area (Å²) >= 11 is 3.42. The summed E-state index contributed by atoms with van der Waals surface area (Å²) in [5, 5.41) is 3.24. The second kappa shape index (κ2) is 4.36. The van der Waals surface area contributed by atoms with E-state index in [1.165, 1.54) is 0 Å². The van der Waals surface area contributed by atoms with Gasteiger partial charge < -0.3 is 11.1 Å². The molecule has 0 bridgehead atoms. The molecule has 0 spiro atoms. The van der Waals surface area contributed by atoms with Gasteiger partial charge in [-0.15, -0.1) is 0 Å². The summed E-state index contributed by atoms with van der Waals surface area (Å²) in [7, 11) is 0. The molecule has 0 amide bonds. The van der Waals surface area contributed by atoms with Gasteiger partial charge in [-0.3, -0.25) is 0 Å². The fraction of sp³-hybridized carbons (Fsp3) is 0. The quantitative estimate of drug-likeness (QED) is 0.812. The van der Waals surface area contributed by atoms with E-state index < -0.39 is 0 Å². The van der Waals surface area contributed by atoms with Crippen molar-refractivity contribution < 1.29 is 0 Å². The van der Waals surface area contributed by atoms with Gasteiger partial charge >= 0.3 is 0 Å². The van der Waals surface area contributed by atoms with Crippen LogP contribution in [0.1, 0.15) is 0 Å². The lowest BCUT2D eigenvalue weighted by Gasteiger charge is -2.08. The minimum atomic E-state index is 0.692. The number of anilines is 3. The molecular weight excluding hydrogens is 252 g/mol. The summed E-state index contributed by atoms with van der Waals surface area (Å²) in [5.41, 5.74) is 8.39. The lowest BCUT2D eigenvalue weighted by molar-refractivity contribution is 1.53. The van der Waals surface area contributed by atoms with Crippen molar-refractivity contribution in [1.29, 1.82) is 0 Å². The normalized spacial score (nSPS) is 9.93. The van der Waals surface area contributed by atoms with Crippen LogP contribution >= 0.6 is 15.9 Å². The molecular formula is C12H10BrN2. The number of hydrogen-bond donors (Lipinski definition) is 2. The van der Waals surface area contributed by atoms with Gasteiger partial charge in [-0.25, -0.2) is 0 Å². The summed E-state index contributed by atoms with van der Waals surface area (Å²) in [5.74, 6) is 0. The van der Waals surface area contributed by atoms with E-state index in [1.54, 1.807) is 6.07 Å². The van der Waals surface area contributed by atoms with Gasteiger partial charge in [-0.05, 0) is 36.4 Å². The molecule has 2 aromatic rings. The molecule has 0 unspecified atom stereocenters. The van der Waals surface area contributed by atoms with E-state index in [9.17, 15) is 0 Å². The van der Waals surface area contributed by atoms with Crippen molar-refractivity contribution in [3.05, 3.63) is 53.0 Å². The average molecular weight is 262 g/mol. The summed E-state index contributed by atoms with van der Waals surface area (Å²) < 4.78 is 1.04. The molecule has 1 radical (unpaired) electrons. The van der Waals surface area contributed by atoms with Gasteiger partial charge in [0.05, 0.1) is 11.4 Å². The van der Waals surface area contributed by atoms with Crippen LogP contribution in [0.25, 0.3) is 0 Å². The van der Waals surface area contributed by atoms with E-state index >= 15 is 0 Å². The second-order valence-electron chi connectivity index (χ2n) is 3.15. The molecule has 2 aromatic carbocycles. The van der Waals surface area contributed by atoms with Gasteiger partial charge in [-0.1, -0.05) is 28.1 Å². The minimum Gasteiger partial charge on any atom is -0.397 e. The summed E-state index contributed by atoms with van der Waals surface area (Å²) in [6.45, 7) is 0. The van der Waals surface area contributed by atoms with Crippen molar-refractivity contribution in [1.82, 2.24) is 0 Å². The zero-order valence-corrected chi connectivity index (χ0v) is 9.58. The van der Waals surface area contributed by atoms with Gasteiger partial charge in [0.1, 0.15) is 0 Å². The Kier molecular flexibility index (Phi) is 2.92. The number of halogens is 1. The van der Waals surface area contributed by atoms with E-state index in [0.717, 1.165) is 15.8 Å². The lowest BCUT2D eigenvalue weighted by atomic mass is 10.2. The molecule has 3 N–H and O–H groups in total. The SMILES string of the molecule is Nc1c[c]ccc1Nc1cccc(Br)c1. The number of nitrogens with two attached hydrogens (primary N) is 1. The lowest BCUT2D eigenvalue weighted by Crippen LogP contribution is -1.95. The molecule has 0 aliphatic carbocycles. The van der Waals surface area contributed by atoms with Crippen LogP contribution in [0.3, 0.4) is 0 Å². The number of nitrogen functional groups attached to an aromatic ring is 1. The smallest absolute Gasteiger partial charge is 0.0618 e. The van der Waals surface area contributed by atoms with Crippen LogP contribution in [-0.2, 0) is 0 Å². The first-order chi connectivity index (χ1) is 7.25. The molecule has 0 fully saturated rings. The van der Waals surface area contributed by atoms with Gasteiger partial charge in [0.2, 0.25) is 0 Å². The highest BCUT2D eigenvalue weighted by molar-refractivity contribution is 9.10. The Hall–Kier alpha value is -1.48. The molecule has 0 aliphatic heterocycles. The van der Waals surface area contributed by atoms with E-state index in [4.69, 9.17) is 5.73 Å². The summed E-state index contributed by atoms with van der Waals surface area (Å²) in [6, 6.07) is 16.3. The molecule has 0 heterocycles. The van der Waals surface area contributed by atoms with Crippen LogP contribution in [0.5, 0.6) is 0 Å². The van der Waals surface area contributed by atoms with Gasteiger partial charge in [0, 0.05) is 10.2 Å². The molecule has 0 saturated heterocycles. The fourth-order valence-electron chi connectivity index (χ4n) is 1.28. The number of benzene rings is 2. The van der Waals surface area contributed by atoms with Crippen molar-refractivity contribution >= 4 is 33.0 Å². The Labute approximate surface area is 97.2 Å². The maximum atomic E-state index is 5.80. The first kappa shape index (κ1) is 10.1. The van der Waals surface area contributed by atoms with Crippen molar-refractivity contribution in [3.63, 3.8) is 0 Å². The maximum absolute atomic E-state index is 5.80. The fourth-order valence-corrected chi connectivity index (χ4v) is 1.68. The topological polar surface area (TPSA) is 38.0 Å². The molecule has 0 aromatic heterocycles. The number of rotatable bonds is 2. The Morgan fingerprint density at radius 2 is 2.13 bits per heavy atom. The highest BCUT2D eigenvalue weighted by Crippen LogP contribution is 2.24. The molecule has 75 valence electrons. The van der Waals surface area contributed by atoms with E-state index in [0.29, 0.717) is 5.69 Å². The second-order valence-corrected chi connectivity index (χ2v) is 4.06. The molecule has 0 aliphatic rings. The Morgan fingerprint density at radius 3 is 2.87 bits per heavy atom. The number of nitrogens with one attached hydrogen (secondary N) is 1. The Bertz CT molecular complexity index is 469. The third-order valence-electron chi connectivity index (χ3n) is 2.00. The third kappa shape index (κ3) is 2.50. The van der Waals surface area contributed by atoms with Crippen molar-refractivity contribution in [2.75, 3.05) is 11.1 Å². The molecule has 2 nitrogen and oxygen atoms in total. The van der Waals surface area contributed by atoms with Crippen molar-refractivity contribution in [2.24, 2.45) is 0 Å². The van der Waals surface area contributed by atoms with E-state index in [-0.39, 0.29) is 0 Å². The Morgan fingerprint density at radius 1 is 1.27 bits per heavy atom. The van der Waals surface area contributed by atoms with Crippen LogP contribution in [0.15, 0.2) is 46.9 Å². The van der Waals surface area contributed by atoms with E-state index in [2.05, 4.69) is 27.3 Å². The summed E-state index contributed by atoms with van der Waals surface area (Å²) in [6.07, 6.45) is 0. The number of hydrogen-bond acceptors (Lipinski definition) is 2. The third-order valence-corrected chi connectivity index (χ3v) is 2.49. The first-order valence-electron chi connectivity index (χ1n) is 4.54. The van der Waals surface area contributed by atoms with Crippen LogP contribution in [-0.4, -0.2) is 0 Å². The maximum Gasteiger partial charge on any atom is 0.0618 e. The molecule has 0 saturated carbocycles. The average Bonchev–Trinajstić information content (AvgIpc) is 2.22. The van der Waals surface area contributed by atoms with Gasteiger partial charge in [-0.2, -0.15) is 0 Å².